The maximum atomic E-state index is 12.8. The van der Waals surface area contributed by atoms with Crippen LogP contribution in [0.25, 0.3) is 0 Å². The molecule has 0 saturated carbocycles. The quantitative estimate of drug-likeness (QED) is 0.785. The van der Waals surface area contributed by atoms with Gasteiger partial charge < -0.3 is 10.1 Å². The molecule has 24 heavy (non-hydrogen) atoms. The van der Waals surface area contributed by atoms with E-state index in [1.54, 1.807) is 12.1 Å². The molecule has 0 radical (unpaired) electrons. The van der Waals surface area contributed by atoms with Crippen LogP contribution in [0.15, 0.2) is 48.5 Å². The van der Waals surface area contributed by atoms with Crippen LogP contribution in [0.3, 0.4) is 0 Å². The first-order valence-electron chi connectivity index (χ1n) is 8.45. The third kappa shape index (κ3) is 4.34. The van der Waals surface area contributed by atoms with Gasteiger partial charge in [-0.2, -0.15) is 0 Å². The number of nitrogens with one attached hydrogen (secondary N) is 1. The number of amides is 1. The zero-order valence-electron chi connectivity index (χ0n) is 13.6. The molecule has 0 bridgehead atoms. The van der Waals surface area contributed by atoms with E-state index >= 15 is 0 Å². The van der Waals surface area contributed by atoms with Crippen LogP contribution in [-0.4, -0.2) is 19.1 Å². The molecule has 4 heteroatoms. The lowest BCUT2D eigenvalue weighted by Gasteiger charge is -2.12. The van der Waals surface area contributed by atoms with Crippen molar-refractivity contribution in [2.24, 2.45) is 0 Å². The van der Waals surface area contributed by atoms with Gasteiger partial charge in [0.1, 0.15) is 11.6 Å². The molecule has 3 rings (SSSR count). The standard InChI is InChI=1S/C20H22FNO2/c21-17-8-10-18(11-9-17)24-13-3-12-22-20(23)14-16-7-6-15-4-1-2-5-19(15)16/h1-2,4-5,8-11,16H,3,6-7,12-14H2,(H,22,23). The van der Waals surface area contributed by atoms with Crippen molar-refractivity contribution in [3.05, 3.63) is 65.5 Å². The molecule has 1 aliphatic carbocycles. The zero-order valence-corrected chi connectivity index (χ0v) is 13.6. The van der Waals surface area contributed by atoms with E-state index < -0.39 is 0 Å². The molecule has 2 aromatic rings. The molecule has 1 atom stereocenters. The van der Waals surface area contributed by atoms with E-state index in [0.29, 0.717) is 31.2 Å². The highest BCUT2D eigenvalue weighted by Crippen LogP contribution is 2.34. The number of carbonyl (C=O) groups is 1. The number of aryl methyl sites for hydroxylation is 1. The summed E-state index contributed by atoms with van der Waals surface area (Å²) in [7, 11) is 0. The van der Waals surface area contributed by atoms with Gasteiger partial charge in [0, 0.05) is 13.0 Å². The largest absolute Gasteiger partial charge is 0.494 e. The zero-order chi connectivity index (χ0) is 16.8. The van der Waals surface area contributed by atoms with E-state index in [0.717, 1.165) is 19.3 Å². The van der Waals surface area contributed by atoms with Crippen LogP contribution < -0.4 is 10.1 Å². The molecule has 1 N–H and O–H groups in total. The first kappa shape index (κ1) is 16.5. The van der Waals surface area contributed by atoms with Gasteiger partial charge >= 0.3 is 0 Å². The summed E-state index contributed by atoms with van der Waals surface area (Å²) >= 11 is 0. The highest BCUT2D eigenvalue weighted by atomic mass is 19.1. The number of hydrogen-bond donors (Lipinski definition) is 1. The molecule has 0 fully saturated rings. The van der Waals surface area contributed by atoms with Gasteiger partial charge in [-0.1, -0.05) is 24.3 Å². The lowest BCUT2D eigenvalue weighted by Crippen LogP contribution is -2.26. The molecule has 126 valence electrons. The number of fused-ring (bicyclic) bond motifs is 1. The van der Waals surface area contributed by atoms with Crippen LogP contribution in [0, 0.1) is 5.82 Å². The van der Waals surface area contributed by atoms with Gasteiger partial charge in [0.15, 0.2) is 0 Å². The third-order valence-electron chi connectivity index (χ3n) is 4.41. The lowest BCUT2D eigenvalue weighted by atomic mass is 9.97. The molecule has 0 spiro atoms. The number of ether oxygens (including phenoxy) is 1. The number of hydrogen-bond acceptors (Lipinski definition) is 2. The Bertz CT molecular complexity index is 684. The summed E-state index contributed by atoms with van der Waals surface area (Å²) in [5.41, 5.74) is 2.70. The summed E-state index contributed by atoms with van der Waals surface area (Å²) in [5, 5.41) is 2.96. The van der Waals surface area contributed by atoms with Crippen molar-refractivity contribution in [3.63, 3.8) is 0 Å². The Balaban J connectivity index is 1.34. The smallest absolute Gasteiger partial charge is 0.220 e. The fraction of sp³-hybridized carbons (Fsp3) is 0.350. The Labute approximate surface area is 141 Å². The Kier molecular flexibility index (Phi) is 5.47. The molecule has 1 aliphatic rings. The summed E-state index contributed by atoms with van der Waals surface area (Å²) < 4.78 is 18.3. The predicted molar refractivity (Wildman–Crippen MR) is 91.6 cm³/mol. The number of rotatable bonds is 7. The van der Waals surface area contributed by atoms with Crippen molar-refractivity contribution in [3.8, 4) is 5.75 Å². The van der Waals surface area contributed by atoms with Gasteiger partial charge in [-0.15, -0.1) is 0 Å². The first-order valence-corrected chi connectivity index (χ1v) is 8.45. The van der Waals surface area contributed by atoms with Crippen molar-refractivity contribution < 1.29 is 13.9 Å². The molecule has 0 saturated heterocycles. The van der Waals surface area contributed by atoms with Gasteiger partial charge in [-0.25, -0.2) is 4.39 Å². The normalized spacial score (nSPS) is 15.8. The molecule has 0 aromatic heterocycles. The SMILES string of the molecule is O=C(CC1CCc2ccccc21)NCCCOc1ccc(F)cc1. The van der Waals surface area contributed by atoms with E-state index in [9.17, 15) is 9.18 Å². The second-order valence-corrected chi connectivity index (χ2v) is 6.14. The average Bonchev–Trinajstić information content (AvgIpc) is 2.99. The van der Waals surface area contributed by atoms with Crippen LogP contribution in [0.1, 0.15) is 36.3 Å². The Hall–Kier alpha value is -2.36. The number of carbonyl (C=O) groups excluding carboxylic acids is 1. The lowest BCUT2D eigenvalue weighted by molar-refractivity contribution is -0.121. The summed E-state index contributed by atoms with van der Waals surface area (Å²) in [6, 6.07) is 14.3. The predicted octanol–water partition coefficient (Wildman–Crippen LogP) is 3.83. The topological polar surface area (TPSA) is 38.3 Å². The molecular weight excluding hydrogens is 305 g/mol. The van der Waals surface area contributed by atoms with Crippen LogP contribution in [0.4, 0.5) is 4.39 Å². The monoisotopic (exact) mass is 327 g/mol. The van der Waals surface area contributed by atoms with E-state index in [1.807, 2.05) is 6.07 Å². The van der Waals surface area contributed by atoms with Crippen LogP contribution in [0.2, 0.25) is 0 Å². The van der Waals surface area contributed by atoms with Crippen molar-refractivity contribution in [1.29, 1.82) is 0 Å². The van der Waals surface area contributed by atoms with Gasteiger partial charge in [0.05, 0.1) is 6.61 Å². The highest BCUT2D eigenvalue weighted by Gasteiger charge is 2.23. The second kappa shape index (κ2) is 7.95. The summed E-state index contributed by atoms with van der Waals surface area (Å²) in [5.74, 6) is 0.809. The minimum atomic E-state index is -0.275. The Morgan fingerprint density at radius 3 is 2.79 bits per heavy atom. The first-order chi connectivity index (χ1) is 11.7. The van der Waals surface area contributed by atoms with E-state index in [1.165, 1.54) is 23.3 Å². The van der Waals surface area contributed by atoms with E-state index in [4.69, 9.17) is 4.74 Å². The number of halogens is 1. The fourth-order valence-electron chi connectivity index (χ4n) is 3.17. The second-order valence-electron chi connectivity index (χ2n) is 6.14. The van der Waals surface area contributed by atoms with Crippen LogP contribution in [-0.2, 0) is 11.2 Å². The molecule has 3 nitrogen and oxygen atoms in total. The molecule has 0 aliphatic heterocycles. The van der Waals surface area contributed by atoms with Gasteiger partial charge in [0.2, 0.25) is 5.91 Å². The van der Waals surface area contributed by atoms with Crippen LogP contribution >= 0.6 is 0 Å². The molecule has 0 heterocycles. The van der Waals surface area contributed by atoms with Gasteiger partial charge in [0.25, 0.3) is 0 Å². The van der Waals surface area contributed by atoms with Crippen molar-refractivity contribution >= 4 is 5.91 Å². The van der Waals surface area contributed by atoms with Crippen molar-refractivity contribution in [2.75, 3.05) is 13.2 Å². The van der Waals surface area contributed by atoms with E-state index in [2.05, 4.69) is 23.5 Å². The fourth-order valence-corrected chi connectivity index (χ4v) is 3.17. The Morgan fingerprint density at radius 1 is 1.17 bits per heavy atom. The van der Waals surface area contributed by atoms with Crippen molar-refractivity contribution in [1.82, 2.24) is 5.32 Å². The van der Waals surface area contributed by atoms with E-state index in [-0.39, 0.29) is 11.7 Å². The molecular formula is C20H22FNO2. The molecule has 2 aromatic carbocycles. The summed E-state index contributed by atoms with van der Waals surface area (Å²) in [6.45, 7) is 1.09. The van der Waals surface area contributed by atoms with Crippen LogP contribution in [0.5, 0.6) is 5.75 Å². The minimum absolute atomic E-state index is 0.0958. The highest BCUT2D eigenvalue weighted by molar-refractivity contribution is 5.77. The van der Waals surface area contributed by atoms with Gasteiger partial charge in [-0.3, -0.25) is 4.79 Å². The summed E-state index contributed by atoms with van der Waals surface area (Å²) in [6.07, 6.45) is 3.40. The third-order valence-corrected chi connectivity index (χ3v) is 4.41. The Morgan fingerprint density at radius 2 is 1.96 bits per heavy atom. The number of benzene rings is 2. The van der Waals surface area contributed by atoms with Gasteiger partial charge in [-0.05, 0) is 60.6 Å². The molecule has 1 amide bonds. The molecule has 1 unspecified atom stereocenters. The maximum absolute atomic E-state index is 12.8. The average molecular weight is 327 g/mol. The maximum Gasteiger partial charge on any atom is 0.220 e. The minimum Gasteiger partial charge on any atom is -0.494 e. The summed E-state index contributed by atoms with van der Waals surface area (Å²) in [4.78, 5) is 12.1. The van der Waals surface area contributed by atoms with Crippen molar-refractivity contribution in [2.45, 2.75) is 31.6 Å².